The second kappa shape index (κ2) is 4.95. The summed E-state index contributed by atoms with van der Waals surface area (Å²) in [5.74, 6) is -0.635. The predicted molar refractivity (Wildman–Crippen MR) is 60.8 cm³/mol. The Labute approximate surface area is 104 Å². The molecule has 18 heavy (non-hydrogen) atoms. The van der Waals surface area contributed by atoms with Crippen molar-refractivity contribution >= 4 is 10.1 Å². The van der Waals surface area contributed by atoms with Crippen LogP contribution in [0.5, 0.6) is 0 Å². The van der Waals surface area contributed by atoms with Crippen molar-refractivity contribution in [3.05, 3.63) is 24.0 Å². The van der Waals surface area contributed by atoms with Crippen molar-refractivity contribution in [2.45, 2.75) is 32.2 Å². The van der Waals surface area contributed by atoms with Crippen LogP contribution in [0.15, 0.2) is 24.0 Å². The number of hydrogen-bond acceptors (Lipinski definition) is 3. The zero-order valence-corrected chi connectivity index (χ0v) is 10.9. The molecule has 0 saturated heterocycles. The summed E-state index contributed by atoms with van der Waals surface area (Å²) >= 11 is 0. The predicted octanol–water partition coefficient (Wildman–Crippen LogP) is 3.36. The van der Waals surface area contributed by atoms with Crippen LogP contribution in [0.25, 0.3) is 0 Å². The van der Waals surface area contributed by atoms with E-state index in [0.717, 1.165) is 12.0 Å². The third-order valence-electron chi connectivity index (χ3n) is 2.88. The Bertz CT molecular complexity index is 462. The van der Waals surface area contributed by atoms with E-state index in [-0.39, 0.29) is 17.6 Å². The Morgan fingerprint density at radius 1 is 1.44 bits per heavy atom. The van der Waals surface area contributed by atoms with Gasteiger partial charge in [0, 0.05) is 11.8 Å². The molecule has 7 heteroatoms. The normalized spacial score (nSPS) is 25.5. The molecule has 0 fully saturated rings. The SMILES string of the molecule is C=C(C)C1C=C(OS(=O)(=O)C(F)(F)F)C(C)CC1. The van der Waals surface area contributed by atoms with E-state index < -0.39 is 15.6 Å². The van der Waals surface area contributed by atoms with Crippen LogP contribution in [0.4, 0.5) is 13.2 Å². The van der Waals surface area contributed by atoms with Gasteiger partial charge in [0.05, 0.1) is 0 Å². The summed E-state index contributed by atoms with van der Waals surface area (Å²) in [5.41, 5.74) is -4.63. The van der Waals surface area contributed by atoms with Crippen LogP contribution in [0.1, 0.15) is 26.7 Å². The number of hydrogen-bond donors (Lipinski definition) is 0. The van der Waals surface area contributed by atoms with E-state index in [0.29, 0.717) is 6.42 Å². The van der Waals surface area contributed by atoms with E-state index in [1.807, 2.05) is 0 Å². The second-order valence-electron chi connectivity index (χ2n) is 4.48. The number of alkyl halides is 3. The molecule has 0 saturated carbocycles. The maximum absolute atomic E-state index is 12.2. The fraction of sp³-hybridized carbons (Fsp3) is 0.636. The molecule has 0 aromatic heterocycles. The van der Waals surface area contributed by atoms with Crippen LogP contribution in [-0.2, 0) is 14.3 Å². The fourth-order valence-electron chi connectivity index (χ4n) is 1.69. The lowest BCUT2D eigenvalue weighted by atomic mass is 9.85. The highest BCUT2D eigenvalue weighted by atomic mass is 32.2. The fourth-order valence-corrected chi connectivity index (χ4v) is 2.26. The van der Waals surface area contributed by atoms with Crippen LogP contribution in [0.2, 0.25) is 0 Å². The Hall–Kier alpha value is -0.980. The molecule has 0 N–H and O–H groups in total. The van der Waals surface area contributed by atoms with Crippen molar-refractivity contribution in [2.75, 3.05) is 0 Å². The van der Waals surface area contributed by atoms with Crippen LogP contribution in [0.3, 0.4) is 0 Å². The highest BCUT2D eigenvalue weighted by Gasteiger charge is 2.49. The van der Waals surface area contributed by atoms with Crippen molar-refractivity contribution < 1.29 is 25.8 Å². The van der Waals surface area contributed by atoms with Gasteiger partial charge in [0.2, 0.25) is 0 Å². The van der Waals surface area contributed by atoms with E-state index in [1.165, 1.54) is 6.08 Å². The van der Waals surface area contributed by atoms with Crippen LogP contribution < -0.4 is 0 Å². The number of allylic oxidation sites excluding steroid dienone is 3. The molecule has 104 valence electrons. The van der Waals surface area contributed by atoms with E-state index in [1.54, 1.807) is 13.8 Å². The van der Waals surface area contributed by atoms with Gasteiger partial charge in [0.25, 0.3) is 0 Å². The van der Waals surface area contributed by atoms with Crippen molar-refractivity contribution in [3.63, 3.8) is 0 Å². The minimum absolute atomic E-state index is 0.139. The third-order valence-corrected chi connectivity index (χ3v) is 3.86. The smallest absolute Gasteiger partial charge is 0.381 e. The molecular weight excluding hydrogens is 269 g/mol. The van der Waals surface area contributed by atoms with Crippen molar-refractivity contribution in [1.29, 1.82) is 0 Å². The molecule has 0 spiro atoms. The Morgan fingerprint density at radius 3 is 2.44 bits per heavy atom. The first kappa shape index (κ1) is 15.1. The van der Waals surface area contributed by atoms with Gasteiger partial charge in [-0.05, 0) is 25.8 Å². The largest absolute Gasteiger partial charge is 0.534 e. The Kier molecular flexibility index (Phi) is 4.15. The van der Waals surface area contributed by atoms with Crippen molar-refractivity contribution in [3.8, 4) is 0 Å². The van der Waals surface area contributed by atoms with Gasteiger partial charge in [0.15, 0.2) is 0 Å². The zero-order valence-electron chi connectivity index (χ0n) is 10.1. The molecule has 1 aliphatic rings. The van der Waals surface area contributed by atoms with Gasteiger partial charge in [-0.15, -0.1) is 0 Å². The third kappa shape index (κ3) is 3.28. The molecule has 0 heterocycles. The van der Waals surface area contributed by atoms with Gasteiger partial charge in [0.1, 0.15) is 5.76 Å². The lowest BCUT2D eigenvalue weighted by molar-refractivity contribution is -0.0528. The van der Waals surface area contributed by atoms with Gasteiger partial charge in [-0.1, -0.05) is 19.1 Å². The first-order valence-corrected chi connectivity index (χ1v) is 6.83. The molecule has 0 radical (unpaired) electrons. The first-order valence-electron chi connectivity index (χ1n) is 5.42. The molecule has 0 aromatic carbocycles. The Balaban J connectivity index is 2.98. The standard InChI is InChI=1S/C11H15F3O3S/c1-7(2)9-5-4-8(3)10(6-9)17-18(15,16)11(12,13)14/h6,8-9H,1,4-5H2,2-3H3. The van der Waals surface area contributed by atoms with E-state index in [2.05, 4.69) is 10.8 Å². The van der Waals surface area contributed by atoms with Gasteiger partial charge >= 0.3 is 15.6 Å². The highest BCUT2D eigenvalue weighted by molar-refractivity contribution is 7.87. The van der Waals surface area contributed by atoms with Crippen LogP contribution in [0, 0.1) is 11.8 Å². The molecule has 1 aliphatic carbocycles. The first-order chi connectivity index (χ1) is 8.04. The van der Waals surface area contributed by atoms with E-state index in [9.17, 15) is 21.6 Å². The summed E-state index contributed by atoms with van der Waals surface area (Å²) in [5, 5.41) is 0. The minimum Gasteiger partial charge on any atom is -0.381 e. The molecule has 0 amide bonds. The molecule has 0 aliphatic heterocycles. The maximum Gasteiger partial charge on any atom is 0.534 e. The van der Waals surface area contributed by atoms with Gasteiger partial charge in [-0.3, -0.25) is 0 Å². The topological polar surface area (TPSA) is 43.4 Å². The molecule has 0 aromatic rings. The molecule has 0 bridgehead atoms. The summed E-state index contributed by atoms with van der Waals surface area (Å²) in [6.07, 6.45) is 2.71. The quantitative estimate of drug-likeness (QED) is 0.453. The minimum atomic E-state index is -5.58. The van der Waals surface area contributed by atoms with Gasteiger partial charge in [-0.2, -0.15) is 21.6 Å². The average Bonchev–Trinajstić information content (AvgIpc) is 2.18. The molecule has 2 unspecified atom stereocenters. The summed E-state index contributed by atoms with van der Waals surface area (Å²) in [6.45, 7) is 7.09. The summed E-state index contributed by atoms with van der Waals surface area (Å²) in [6, 6.07) is 0. The monoisotopic (exact) mass is 284 g/mol. The molecule has 2 atom stereocenters. The summed E-state index contributed by atoms with van der Waals surface area (Å²) in [4.78, 5) is 0. The molecule has 1 rings (SSSR count). The van der Waals surface area contributed by atoms with Crippen molar-refractivity contribution in [2.24, 2.45) is 11.8 Å². The van der Waals surface area contributed by atoms with Gasteiger partial charge < -0.3 is 4.18 Å². The second-order valence-corrected chi connectivity index (χ2v) is 6.02. The maximum atomic E-state index is 12.2. The lowest BCUT2D eigenvalue weighted by Gasteiger charge is -2.26. The number of rotatable bonds is 3. The van der Waals surface area contributed by atoms with E-state index in [4.69, 9.17) is 0 Å². The summed E-state index contributed by atoms with van der Waals surface area (Å²) < 4.78 is 62.7. The summed E-state index contributed by atoms with van der Waals surface area (Å²) in [7, 11) is -5.58. The van der Waals surface area contributed by atoms with Crippen LogP contribution in [-0.4, -0.2) is 13.9 Å². The molecular formula is C11H15F3O3S. The molecule has 3 nitrogen and oxygen atoms in total. The number of halogens is 3. The van der Waals surface area contributed by atoms with E-state index >= 15 is 0 Å². The average molecular weight is 284 g/mol. The Morgan fingerprint density at radius 2 is 2.00 bits per heavy atom. The van der Waals surface area contributed by atoms with Crippen molar-refractivity contribution in [1.82, 2.24) is 0 Å². The van der Waals surface area contributed by atoms with Gasteiger partial charge in [-0.25, -0.2) is 0 Å². The lowest BCUT2D eigenvalue weighted by Crippen LogP contribution is -2.27. The zero-order chi connectivity index (χ0) is 14.1. The highest BCUT2D eigenvalue weighted by Crippen LogP contribution is 2.35. The van der Waals surface area contributed by atoms with Crippen LogP contribution >= 0.6 is 0 Å².